The molecule has 33 heavy (non-hydrogen) atoms. The first kappa shape index (κ1) is 22.2. The second kappa shape index (κ2) is 9.65. The van der Waals surface area contributed by atoms with Gasteiger partial charge >= 0.3 is 0 Å². The zero-order valence-electron chi connectivity index (χ0n) is 17.9. The summed E-state index contributed by atoms with van der Waals surface area (Å²) in [6, 6.07) is 16.8. The van der Waals surface area contributed by atoms with Crippen molar-refractivity contribution in [2.75, 3.05) is 17.6 Å². The molecule has 0 aromatic heterocycles. The number of hydrogen-bond donors (Lipinski definition) is 2. The van der Waals surface area contributed by atoms with E-state index in [4.69, 9.17) is 5.73 Å². The maximum atomic E-state index is 13.2. The molecule has 5 nitrogen and oxygen atoms in total. The van der Waals surface area contributed by atoms with Gasteiger partial charge < -0.3 is 16.0 Å². The van der Waals surface area contributed by atoms with Gasteiger partial charge in [-0.25, -0.2) is 8.78 Å². The van der Waals surface area contributed by atoms with Gasteiger partial charge in [0.15, 0.2) is 0 Å². The van der Waals surface area contributed by atoms with Gasteiger partial charge in [0.05, 0.1) is 11.4 Å². The minimum Gasteiger partial charge on any atom is -0.397 e. The maximum absolute atomic E-state index is 13.2. The van der Waals surface area contributed by atoms with Crippen LogP contribution in [-0.4, -0.2) is 23.3 Å². The fourth-order valence-corrected chi connectivity index (χ4v) is 3.74. The van der Waals surface area contributed by atoms with Crippen molar-refractivity contribution in [2.45, 2.75) is 19.4 Å². The Hall–Kier alpha value is -4.00. The second-order valence-corrected chi connectivity index (χ2v) is 7.93. The quantitative estimate of drug-likeness (QED) is 0.427. The summed E-state index contributed by atoms with van der Waals surface area (Å²) in [5.41, 5.74) is 9.03. The van der Waals surface area contributed by atoms with E-state index in [9.17, 15) is 18.4 Å². The average Bonchev–Trinajstić information content (AvgIpc) is 2.80. The van der Waals surface area contributed by atoms with E-state index < -0.39 is 5.82 Å². The molecule has 3 aromatic rings. The van der Waals surface area contributed by atoms with Gasteiger partial charge in [-0.05, 0) is 72.5 Å². The SMILES string of the molecule is Nc1cc(F)ccc1NC(=O)c1ccc(CN2CCC/C(=C\c3ccc(F)cc3)C2=O)cc1. The van der Waals surface area contributed by atoms with E-state index in [0.29, 0.717) is 36.3 Å². The first-order chi connectivity index (χ1) is 15.9. The molecule has 4 rings (SSSR count). The number of nitrogens with two attached hydrogens (primary N) is 1. The van der Waals surface area contributed by atoms with Crippen molar-refractivity contribution < 1.29 is 18.4 Å². The number of anilines is 2. The smallest absolute Gasteiger partial charge is 0.255 e. The molecule has 0 atom stereocenters. The Balaban J connectivity index is 1.41. The molecule has 3 aromatic carbocycles. The fraction of sp³-hybridized carbons (Fsp3) is 0.154. The van der Waals surface area contributed by atoms with E-state index in [2.05, 4.69) is 5.32 Å². The molecule has 0 radical (unpaired) electrons. The zero-order chi connectivity index (χ0) is 23.4. The van der Waals surface area contributed by atoms with E-state index in [1.165, 1.54) is 24.3 Å². The molecule has 0 spiro atoms. The van der Waals surface area contributed by atoms with Crippen LogP contribution in [0.5, 0.6) is 0 Å². The van der Waals surface area contributed by atoms with Crippen LogP contribution < -0.4 is 11.1 Å². The number of nitrogens with one attached hydrogen (secondary N) is 1. The van der Waals surface area contributed by atoms with Crippen LogP contribution in [0.4, 0.5) is 20.2 Å². The third kappa shape index (κ3) is 5.44. The van der Waals surface area contributed by atoms with Gasteiger partial charge in [0.1, 0.15) is 11.6 Å². The lowest BCUT2D eigenvalue weighted by Crippen LogP contribution is -2.36. The summed E-state index contributed by atoms with van der Waals surface area (Å²) in [5.74, 6) is -1.19. The van der Waals surface area contributed by atoms with Gasteiger partial charge in [0.2, 0.25) is 5.91 Å². The minimum absolute atomic E-state index is 0.0424. The number of carbonyl (C=O) groups is 2. The first-order valence-corrected chi connectivity index (χ1v) is 10.6. The van der Waals surface area contributed by atoms with Crippen molar-refractivity contribution in [3.63, 3.8) is 0 Å². The van der Waals surface area contributed by atoms with Crippen LogP contribution in [0.15, 0.2) is 72.3 Å². The Bertz CT molecular complexity index is 1210. The Morgan fingerprint density at radius 3 is 2.39 bits per heavy atom. The number of carbonyl (C=O) groups excluding carboxylic acids is 2. The Kier molecular flexibility index (Phi) is 6.49. The largest absolute Gasteiger partial charge is 0.397 e. The molecule has 1 aliphatic rings. The van der Waals surface area contributed by atoms with Crippen molar-refractivity contribution in [2.24, 2.45) is 0 Å². The summed E-state index contributed by atoms with van der Waals surface area (Å²) in [5, 5.41) is 2.67. The van der Waals surface area contributed by atoms with Crippen molar-refractivity contribution in [1.29, 1.82) is 0 Å². The molecule has 0 bridgehead atoms. The third-order valence-electron chi connectivity index (χ3n) is 5.50. The molecule has 168 valence electrons. The molecule has 1 saturated heterocycles. The van der Waals surface area contributed by atoms with Crippen molar-refractivity contribution in [3.8, 4) is 0 Å². The van der Waals surface area contributed by atoms with Gasteiger partial charge in [0, 0.05) is 24.2 Å². The van der Waals surface area contributed by atoms with E-state index in [1.807, 2.05) is 6.08 Å². The first-order valence-electron chi connectivity index (χ1n) is 10.6. The van der Waals surface area contributed by atoms with Gasteiger partial charge in [-0.15, -0.1) is 0 Å². The molecule has 3 N–H and O–H groups in total. The van der Waals surface area contributed by atoms with Crippen molar-refractivity contribution in [1.82, 2.24) is 4.90 Å². The van der Waals surface area contributed by atoms with Gasteiger partial charge in [-0.3, -0.25) is 9.59 Å². The lowest BCUT2D eigenvalue weighted by atomic mass is 10.00. The van der Waals surface area contributed by atoms with Crippen LogP contribution in [0.25, 0.3) is 6.08 Å². The molecule has 1 aliphatic heterocycles. The number of amides is 2. The highest BCUT2D eigenvalue weighted by Crippen LogP contribution is 2.23. The highest BCUT2D eigenvalue weighted by atomic mass is 19.1. The van der Waals surface area contributed by atoms with E-state index in [0.717, 1.165) is 23.6 Å². The van der Waals surface area contributed by atoms with Crippen LogP contribution in [0.1, 0.15) is 34.3 Å². The summed E-state index contributed by atoms with van der Waals surface area (Å²) in [4.78, 5) is 27.2. The topological polar surface area (TPSA) is 75.4 Å². The Morgan fingerprint density at radius 1 is 1.00 bits per heavy atom. The summed E-state index contributed by atoms with van der Waals surface area (Å²) >= 11 is 0. The lowest BCUT2D eigenvalue weighted by molar-refractivity contribution is -0.129. The van der Waals surface area contributed by atoms with E-state index in [1.54, 1.807) is 41.3 Å². The van der Waals surface area contributed by atoms with Gasteiger partial charge in [-0.1, -0.05) is 24.3 Å². The van der Waals surface area contributed by atoms with Gasteiger partial charge in [0.25, 0.3) is 5.91 Å². The number of nitrogen functional groups attached to an aromatic ring is 1. The normalized spacial score (nSPS) is 15.0. The molecule has 0 saturated carbocycles. The predicted molar refractivity (Wildman–Crippen MR) is 124 cm³/mol. The Labute approximate surface area is 190 Å². The zero-order valence-corrected chi connectivity index (χ0v) is 17.9. The predicted octanol–water partition coefficient (Wildman–Crippen LogP) is 5.01. The highest BCUT2D eigenvalue weighted by Gasteiger charge is 2.23. The van der Waals surface area contributed by atoms with Gasteiger partial charge in [-0.2, -0.15) is 0 Å². The maximum Gasteiger partial charge on any atom is 0.255 e. The third-order valence-corrected chi connectivity index (χ3v) is 5.50. The van der Waals surface area contributed by atoms with Crippen LogP contribution >= 0.6 is 0 Å². The number of hydrogen-bond acceptors (Lipinski definition) is 3. The van der Waals surface area contributed by atoms with Crippen LogP contribution in [0.2, 0.25) is 0 Å². The van der Waals surface area contributed by atoms with E-state index >= 15 is 0 Å². The molecule has 2 amide bonds. The summed E-state index contributed by atoms with van der Waals surface area (Å²) in [6.07, 6.45) is 3.33. The van der Waals surface area contributed by atoms with Crippen LogP contribution in [-0.2, 0) is 11.3 Å². The Morgan fingerprint density at radius 2 is 1.70 bits per heavy atom. The monoisotopic (exact) mass is 447 g/mol. The highest BCUT2D eigenvalue weighted by molar-refractivity contribution is 6.05. The van der Waals surface area contributed by atoms with Crippen molar-refractivity contribution >= 4 is 29.3 Å². The summed E-state index contributed by atoms with van der Waals surface area (Å²) in [6.45, 7) is 1.07. The number of nitrogens with zero attached hydrogens (tertiary/aromatic N) is 1. The second-order valence-electron chi connectivity index (χ2n) is 7.93. The summed E-state index contributed by atoms with van der Waals surface area (Å²) in [7, 11) is 0. The molecule has 7 heteroatoms. The van der Waals surface area contributed by atoms with Crippen LogP contribution in [0, 0.1) is 11.6 Å². The molecule has 1 fully saturated rings. The number of likely N-dealkylation sites (tertiary alicyclic amines) is 1. The fourth-order valence-electron chi connectivity index (χ4n) is 3.74. The molecule has 0 unspecified atom stereocenters. The minimum atomic E-state index is -0.474. The number of rotatable bonds is 5. The molecule has 0 aliphatic carbocycles. The number of piperidine rings is 1. The van der Waals surface area contributed by atoms with E-state index in [-0.39, 0.29) is 23.3 Å². The molecular formula is C26H23F2N3O2. The summed E-state index contributed by atoms with van der Waals surface area (Å²) < 4.78 is 26.3. The van der Waals surface area contributed by atoms with Crippen molar-refractivity contribution in [3.05, 3.63) is 101 Å². The average molecular weight is 447 g/mol. The number of benzene rings is 3. The van der Waals surface area contributed by atoms with Crippen LogP contribution in [0.3, 0.4) is 0 Å². The molecule has 1 heterocycles. The standard InChI is InChI=1S/C26H23F2N3O2/c27-21-9-5-17(6-10-21)14-20-2-1-13-31(26(20)33)16-18-3-7-19(8-4-18)25(32)30-24-12-11-22(28)15-23(24)29/h3-12,14-15H,1-2,13,16,29H2,(H,30,32)/b20-14+. The molecular weight excluding hydrogens is 424 g/mol. The number of halogens is 2. The lowest BCUT2D eigenvalue weighted by Gasteiger charge is -2.28.